The van der Waals surface area contributed by atoms with Crippen molar-refractivity contribution in [2.45, 2.75) is 13.0 Å². The topological polar surface area (TPSA) is 119 Å². The molecule has 0 amide bonds. The maximum absolute atomic E-state index is 10.9. The lowest BCUT2D eigenvalue weighted by molar-refractivity contribution is 0.112. The van der Waals surface area contributed by atoms with E-state index in [4.69, 9.17) is 15.7 Å². The summed E-state index contributed by atoms with van der Waals surface area (Å²) >= 11 is 0. The Bertz CT molecular complexity index is 1830. The highest BCUT2D eigenvalue weighted by atomic mass is 16.3. The van der Waals surface area contributed by atoms with Gasteiger partial charge in [-0.05, 0) is 72.1 Å². The quantitative estimate of drug-likeness (QED) is 0.162. The molecular weight excluding hydrogens is 512 g/mol. The van der Waals surface area contributed by atoms with Crippen molar-refractivity contribution in [1.29, 1.82) is 0 Å². The van der Waals surface area contributed by atoms with Gasteiger partial charge in [-0.3, -0.25) is 9.36 Å². The lowest BCUT2D eigenvalue weighted by Crippen LogP contribution is -2.16. The molecule has 0 saturated heterocycles. The van der Waals surface area contributed by atoms with Gasteiger partial charge in [0.1, 0.15) is 17.1 Å². The fourth-order valence-electron chi connectivity index (χ4n) is 4.86. The van der Waals surface area contributed by atoms with E-state index in [1.54, 1.807) is 18.3 Å². The number of nitrogens with two attached hydrogens (primary N) is 1. The van der Waals surface area contributed by atoms with Crippen molar-refractivity contribution in [2.24, 2.45) is 0 Å². The monoisotopic (exact) mass is 540 g/mol. The molecule has 41 heavy (non-hydrogen) atoms. The van der Waals surface area contributed by atoms with Crippen LogP contribution in [0.2, 0.25) is 0 Å². The number of hydrogen-bond donors (Lipinski definition) is 3. The predicted octanol–water partition coefficient (Wildman–Crippen LogP) is 5.58. The normalized spacial score (nSPS) is 11.1. The van der Waals surface area contributed by atoms with E-state index < -0.39 is 0 Å². The summed E-state index contributed by atoms with van der Waals surface area (Å²) in [5, 5.41) is 13.3. The standard InChI is InChI=1S/C33H28N6O2/c34-31-28(7-4-15-36-31)32-38-29-18-26(24-5-2-1-3-6-24)20-37-33(29)39(32)27-12-9-23(10-13-27)19-35-16-14-22-8-11-25(21-40)30(41)17-22/h1-13,15,17-18,20-21,35,41H,14,16,19H2,(H2,34,36). The first-order valence-corrected chi connectivity index (χ1v) is 13.3. The number of carbonyl (C=O) groups excluding carboxylic acids is 1. The van der Waals surface area contributed by atoms with Crippen LogP contribution < -0.4 is 11.1 Å². The number of aldehydes is 1. The Hall–Kier alpha value is -5.34. The number of rotatable bonds is 9. The zero-order chi connectivity index (χ0) is 28.2. The van der Waals surface area contributed by atoms with E-state index in [0.29, 0.717) is 30.0 Å². The fourth-order valence-corrected chi connectivity index (χ4v) is 4.86. The number of benzene rings is 3. The molecule has 6 aromatic rings. The first-order chi connectivity index (χ1) is 20.1. The number of aromatic hydroxyl groups is 1. The molecule has 0 aliphatic heterocycles. The number of aromatic nitrogens is 4. The van der Waals surface area contributed by atoms with Gasteiger partial charge >= 0.3 is 0 Å². The molecule has 3 heterocycles. The van der Waals surface area contributed by atoms with Crippen LogP contribution in [-0.2, 0) is 13.0 Å². The van der Waals surface area contributed by atoms with Crippen molar-refractivity contribution < 1.29 is 9.90 Å². The van der Waals surface area contributed by atoms with E-state index in [9.17, 15) is 9.90 Å². The lowest BCUT2D eigenvalue weighted by Gasteiger charge is -2.11. The number of anilines is 1. The third-order valence-corrected chi connectivity index (χ3v) is 7.02. The van der Waals surface area contributed by atoms with Crippen molar-refractivity contribution in [3.05, 3.63) is 120 Å². The molecule has 0 saturated carbocycles. The number of hydrogen-bond acceptors (Lipinski definition) is 7. The zero-order valence-corrected chi connectivity index (χ0v) is 22.2. The van der Waals surface area contributed by atoms with Crippen LogP contribution in [0.4, 0.5) is 5.82 Å². The Balaban J connectivity index is 1.25. The Morgan fingerprint density at radius 1 is 0.878 bits per heavy atom. The van der Waals surface area contributed by atoms with Gasteiger partial charge in [-0.25, -0.2) is 15.0 Å². The van der Waals surface area contributed by atoms with Gasteiger partial charge in [0.05, 0.1) is 11.1 Å². The molecule has 3 aromatic carbocycles. The van der Waals surface area contributed by atoms with Crippen LogP contribution in [0.1, 0.15) is 21.5 Å². The van der Waals surface area contributed by atoms with Crippen molar-refractivity contribution in [3.63, 3.8) is 0 Å². The molecule has 6 rings (SSSR count). The van der Waals surface area contributed by atoms with Crippen molar-refractivity contribution >= 4 is 23.3 Å². The second-order valence-corrected chi connectivity index (χ2v) is 9.74. The van der Waals surface area contributed by atoms with Crippen LogP contribution in [0.25, 0.3) is 39.4 Å². The Kier molecular flexibility index (Phi) is 7.21. The minimum atomic E-state index is 0.0123. The third-order valence-electron chi connectivity index (χ3n) is 7.02. The molecule has 0 aliphatic carbocycles. The first kappa shape index (κ1) is 25.9. The van der Waals surface area contributed by atoms with Gasteiger partial charge in [0.15, 0.2) is 17.8 Å². The molecule has 3 aromatic heterocycles. The molecule has 0 bridgehead atoms. The molecule has 0 unspecified atom stereocenters. The minimum absolute atomic E-state index is 0.0123. The number of nitrogens with one attached hydrogen (secondary N) is 1. The summed E-state index contributed by atoms with van der Waals surface area (Å²) in [4.78, 5) is 25.0. The summed E-state index contributed by atoms with van der Waals surface area (Å²) in [5.74, 6) is 1.10. The number of pyridine rings is 2. The smallest absolute Gasteiger partial charge is 0.164 e. The highest BCUT2D eigenvalue weighted by molar-refractivity contribution is 5.85. The van der Waals surface area contributed by atoms with E-state index in [-0.39, 0.29) is 5.75 Å². The molecule has 202 valence electrons. The molecular formula is C33H28N6O2. The summed E-state index contributed by atoms with van der Waals surface area (Å²) in [6, 6.07) is 29.3. The lowest BCUT2D eigenvalue weighted by atomic mass is 10.1. The van der Waals surface area contributed by atoms with Gasteiger partial charge in [0, 0.05) is 30.2 Å². The Labute approximate surface area is 237 Å². The molecule has 0 atom stereocenters. The summed E-state index contributed by atoms with van der Waals surface area (Å²) in [6.07, 6.45) is 4.93. The van der Waals surface area contributed by atoms with Crippen LogP contribution in [-0.4, -0.2) is 37.5 Å². The molecule has 0 fully saturated rings. The number of phenolic OH excluding ortho intramolecular Hbond substituents is 1. The van der Waals surface area contributed by atoms with Crippen LogP contribution in [0.3, 0.4) is 0 Å². The van der Waals surface area contributed by atoms with Crippen molar-refractivity contribution in [3.8, 4) is 34.0 Å². The minimum Gasteiger partial charge on any atom is -0.507 e. The van der Waals surface area contributed by atoms with Crippen molar-refractivity contribution in [2.75, 3.05) is 12.3 Å². The maximum atomic E-state index is 10.9. The average Bonchev–Trinajstić information content (AvgIpc) is 3.39. The van der Waals surface area contributed by atoms with E-state index in [0.717, 1.165) is 57.6 Å². The number of phenols is 1. The molecule has 0 spiro atoms. The van der Waals surface area contributed by atoms with Gasteiger partial charge in [-0.15, -0.1) is 0 Å². The molecule has 4 N–H and O–H groups in total. The van der Waals surface area contributed by atoms with Crippen LogP contribution in [0, 0.1) is 0 Å². The second kappa shape index (κ2) is 11.4. The Morgan fingerprint density at radius 2 is 1.68 bits per heavy atom. The van der Waals surface area contributed by atoms with Crippen LogP contribution in [0.5, 0.6) is 5.75 Å². The Morgan fingerprint density at radius 3 is 2.44 bits per heavy atom. The molecule has 8 heteroatoms. The molecule has 0 aliphatic rings. The first-order valence-electron chi connectivity index (χ1n) is 13.3. The largest absolute Gasteiger partial charge is 0.507 e. The number of fused-ring (bicyclic) bond motifs is 1. The van der Waals surface area contributed by atoms with E-state index in [1.165, 1.54) is 0 Å². The number of nitrogens with zero attached hydrogens (tertiary/aromatic N) is 4. The maximum Gasteiger partial charge on any atom is 0.164 e. The van der Waals surface area contributed by atoms with Gasteiger partial charge in [-0.2, -0.15) is 0 Å². The van der Waals surface area contributed by atoms with Gasteiger partial charge in [0.25, 0.3) is 0 Å². The fraction of sp³-hybridized carbons (Fsp3) is 0.0909. The second-order valence-electron chi connectivity index (χ2n) is 9.74. The van der Waals surface area contributed by atoms with Gasteiger partial charge < -0.3 is 16.2 Å². The third kappa shape index (κ3) is 5.41. The molecule has 0 radical (unpaired) electrons. The highest BCUT2D eigenvalue weighted by Crippen LogP contribution is 2.32. The van der Waals surface area contributed by atoms with Crippen LogP contribution >= 0.6 is 0 Å². The summed E-state index contributed by atoms with van der Waals surface area (Å²) in [7, 11) is 0. The van der Waals surface area contributed by atoms with E-state index >= 15 is 0 Å². The van der Waals surface area contributed by atoms with Gasteiger partial charge in [-0.1, -0.05) is 48.5 Å². The number of imidazole rings is 1. The predicted molar refractivity (Wildman–Crippen MR) is 161 cm³/mol. The molecule has 8 nitrogen and oxygen atoms in total. The summed E-state index contributed by atoms with van der Waals surface area (Å²) in [5.41, 5.74) is 13.9. The highest BCUT2D eigenvalue weighted by Gasteiger charge is 2.18. The van der Waals surface area contributed by atoms with Gasteiger partial charge in [0.2, 0.25) is 0 Å². The van der Waals surface area contributed by atoms with Crippen LogP contribution in [0.15, 0.2) is 103 Å². The summed E-state index contributed by atoms with van der Waals surface area (Å²) < 4.78 is 2.02. The average molecular weight is 541 g/mol. The van der Waals surface area contributed by atoms with E-state index in [2.05, 4.69) is 52.8 Å². The SMILES string of the molecule is Nc1ncccc1-c1nc2cc(-c3ccccc3)cnc2n1-c1ccc(CNCCc2ccc(C=O)c(O)c2)cc1. The van der Waals surface area contributed by atoms with Crippen molar-refractivity contribution in [1.82, 2.24) is 24.8 Å². The van der Waals surface area contributed by atoms with E-state index in [1.807, 2.05) is 47.2 Å². The number of carbonyl (C=O) groups is 1. The zero-order valence-electron chi connectivity index (χ0n) is 22.2. The summed E-state index contributed by atoms with van der Waals surface area (Å²) in [6.45, 7) is 1.41. The number of nitrogen functional groups attached to an aromatic ring is 1.